The fraction of sp³-hybridized carbons (Fsp3) is 0.273. The molecule has 1 amide bonds. The molecule has 7 heteroatoms. The lowest BCUT2D eigenvalue weighted by molar-refractivity contribution is 0.0950. The first-order valence-electron chi connectivity index (χ1n) is 9.09. The number of hydrogen-bond donors (Lipinski definition) is 2. The highest BCUT2D eigenvalue weighted by molar-refractivity contribution is 5.95. The number of benzene rings is 2. The van der Waals surface area contributed by atoms with Gasteiger partial charge in [0.15, 0.2) is 11.5 Å². The van der Waals surface area contributed by atoms with E-state index in [0.717, 1.165) is 22.0 Å². The zero-order valence-corrected chi connectivity index (χ0v) is 17.1. The van der Waals surface area contributed by atoms with E-state index in [1.807, 2.05) is 32.0 Å². The van der Waals surface area contributed by atoms with Crippen molar-refractivity contribution in [3.63, 3.8) is 0 Å². The predicted molar refractivity (Wildman–Crippen MR) is 111 cm³/mol. The van der Waals surface area contributed by atoms with E-state index in [0.29, 0.717) is 28.4 Å². The lowest BCUT2D eigenvalue weighted by Gasteiger charge is -2.14. The van der Waals surface area contributed by atoms with Crippen molar-refractivity contribution in [2.45, 2.75) is 20.4 Å². The molecule has 0 bridgehead atoms. The summed E-state index contributed by atoms with van der Waals surface area (Å²) < 4.78 is 15.8. The number of aromatic amines is 1. The van der Waals surface area contributed by atoms with Crippen molar-refractivity contribution >= 4 is 16.8 Å². The Hall–Kier alpha value is -3.48. The Labute approximate surface area is 168 Å². The van der Waals surface area contributed by atoms with Crippen molar-refractivity contribution in [3.8, 4) is 17.2 Å². The van der Waals surface area contributed by atoms with Crippen LogP contribution in [0.2, 0.25) is 0 Å². The molecule has 0 aliphatic carbocycles. The second kappa shape index (κ2) is 8.26. The number of H-pyrrole nitrogens is 1. The number of ether oxygens (including phenoxy) is 3. The number of amides is 1. The van der Waals surface area contributed by atoms with E-state index < -0.39 is 0 Å². The monoisotopic (exact) mass is 396 g/mol. The zero-order valence-electron chi connectivity index (χ0n) is 17.1. The number of carbonyl (C=O) groups excluding carboxylic acids is 1. The summed E-state index contributed by atoms with van der Waals surface area (Å²) in [5.41, 5.74) is 3.50. The minimum atomic E-state index is -0.357. The summed E-state index contributed by atoms with van der Waals surface area (Å²) in [7, 11) is 4.46. The van der Waals surface area contributed by atoms with E-state index in [1.54, 1.807) is 12.1 Å². The van der Waals surface area contributed by atoms with E-state index in [9.17, 15) is 9.59 Å². The first kappa shape index (κ1) is 20.3. The number of nitrogens with one attached hydrogen (secondary N) is 2. The molecule has 7 nitrogen and oxygen atoms in total. The van der Waals surface area contributed by atoms with Crippen LogP contribution >= 0.6 is 0 Å². The normalized spacial score (nSPS) is 10.7. The Kier molecular flexibility index (Phi) is 5.77. The van der Waals surface area contributed by atoms with Gasteiger partial charge < -0.3 is 24.5 Å². The Bertz CT molecular complexity index is 1110. The fourth-order valence-electron chi connectivity index (χ4n) is 3.35. The molecule has 0 fully saturated rings. The van der Waals surface area contributed by atoms with Crippen LogP contribution in [-0.2, 0) is 6.54 Å². The smallest absolute Gasteiger partial charge is 0.253 e. The van der Waals surface area contributed by atoms with Gasteiger partial charge in [-0.2, -0.15) is 0 Å². The van der Waals surface area contributed by atoms with Crippen LogP contribution in [0.4, 0.5) is 0 Å². The van der Waals surface area contributed by atoms with Gasteiger partial charge in [-0.05, 0) is 49.1 Å². The quantitative estimate of drug-likeness (QED) is 0.668. The molecule has 3 rings (SSSR count). The van der Waals surface area contributed by atoms with Gasteiger partial charge in [0.25, 0.3) is 11.5 Å². The summed E-state index contributed by atoms with van der Waals surface area (Å²) in [5.74, 6) is 0.811. The maximum Gasteiger partial charge on any atom is 0.253 e. The zero-order chi connectivity index (χ0) is 21.1. The number of rotatable bonds is 6. The molecule has 2 aromatic carbocycles. The summed E-state index contributed by atoms with van der Waals surface area (Å²) in [4.78, 5) is 28.0. The van der Waals surface area contributed by atoms with E-state index in [2.05, 4.69) is 10.3 Å². The highest BCUT2D eigenvalue weighted by Crippen LogP contribution is 2.38. The molecule has 1 heterocycles. The van der Waals surface area contributed by atoms with Gasteiger partial charge in [0.1, 0.15) is 0 Å². The molecule has 0 unspecified atom stereocenters. The minimum absolute atomic E-state index is 0.0910. The summed E-state index contributed by atoms with van der Waals surface area (Å²) >= 11 is 0. The molecular formula is C22H24N2O5. The molecule has 29 heavy (non-hydrogen) atoms. The van der Waals surface area contributed by atoms with Crippen LogP contribution in [0.25, 0.3) is 10.9 Å². The number of methoxy groups -OCH3 is 3. The molecule has 0 saturated heterocycles. The predicted octanol–water partition coefficient (Wildman–Crippen LogP) is 3.10. The Morgan fingerprint density at radius 2 is 1.62 bits per heavy atom. The minimum Gasteiger partial charge on any atom is -0.493 e. The SMILES string of the molecule is COc1cc(C(=O)NCc2cc3cc(C)cc(C)c3[nH]c2=O)cc(OC)c1OC. The van der Waals surface area contributed by atoms with Crippen LogP contribution in [0.1, 0.15) is 27.0 Å². The van der Waals surface area contributed by atoms with Gasteiger partial charge in [0.05, 0.1) is 26.8 Å². The lowest BCUT2D eigenvalue weighted by Crippen LogP contribution is -2.27. The van der Waals surface area contributed by atoms with Gasteiger partial charge in [-0.15, -0.1) is 0 Å². The van der Waals surface area contributed by atoms with Gasteiger partial charge in [-0.1, -0.05) is 11.6 Å². The molecule has 0 atom stereocenters. The molecular weight excluding hydrogens is 372 g/mol. The van der Waals surface area contributed by atoms with Crippen LogP contribution in [0.15, 0.2) is 35.1 Å². The maximum atomic E-state index is 12.7. The second-order valence-electron chi connectivity index (χ2n) is 6.77. The van der Waals surface area contributed by atoms with E-state index >= 15 is 0 Å². The number of aromatic nitrogens is 1. The van der Waals surface area contributed by atoms with Crippen LogP contribution in [-0.4, -0.2) is 32.2 Å². The number of aryl methyl sites for hydroxylation is 2. The van der Waals surface area contributed by atoms with Crippen molar-refractivity contribution in [2.24, 2.45) is 0 Å². The molecule has 0 saturated carbocycles. The summed E-state index contributed by atoms with van der Waals surface area (Å²) in [6.45, 7) is 4.05. The fourth-order valence-corrected chi connectivity index (χ4v) is 3.35. The highest BCUT2D eigenvalue weighted by Gasteiger charge is 2.17. The third-order valence-corrected chi connectivity index (χ3v) is 4.74. The van der Waals surface area contributed by atoms with Crippen molar-refractivity contribution < 1.29 is 19.0 Å². The third-order valence-electron chi connectivity index (χ3n) is 4.74. The average molecular weight is 396 g/mol. The van der Waals surface area contributed by atoms with Crippen molar-refractivity contribution in [1.82, 2.24) is 10.3 Å². The molecule has 0 aliphatic heterocycles. The molecule has 2 N–H and O–H groups in total. The van der Waals surface area contributed by atoms with E-state index in [-0.39, 0.29) is 18.0 Å². The van der Waals surface area contributed by atoms with Gasteiger partial charge in [0.2, 0.25) is 5.75 Å². The molecule has 0 aliphatic rings. The number of carbonyl (C=O) groups is 1. The van der Waals surface area contributed by atoms with E-state index in [4.69, 9.17) is 14.2 Å². The topological polar surface area (TPSA) is 89.7 Å². The largest absolute Gasteiger partial charge is 0.493 e. The van der Waals surface area contributed by atoms with Crippen LogP contribution in [0, 0.1) is 13.8 Å². The standard InChI is InChI=1S/C22H24N2O5/c1-12-6-13(2)19-14(7-12)8-16(22(26)24-19)11-23-21(25)15-9-17(27-3)20(29-5)18(10-15)28-4/h6-10H,11H2,1-5H3,(H,23,25)(H,24,26). The Morgan fingerprint density at radius 3 is 2.21 bits per heavy atom. The van der Waals surface area contributed by atoms with Crippen molar-refractivity contribution in [3.05, 3.63) is 62.9 Å². The molecule has 3 aromatic rings. The highest BCUT2D eigenvalue weighted by atomic mass is 16.5. The summed E-state index contributed by atoms with van der Waals surface area (Å²) in [5, 5.41) is 3.71. The number of fused-ring (bicyclic) bond motifs is 1. The lowest BCUT2D eigenvalue weighted by atomic mass is 10.1. The third kappa shape index (κ3) is 4.03. The van der Waals surface area contributed by atoms with Gasteiger partial charge in [-0.3, -0.25) is 9.59 Å². The summed E-state index contributed by atoms with van der Waals surface area (Å²) in [6.07, 6.45) is 0. The van der Waals surface area contributed by atoms with Gasteiger partial charge in [0, 0.05) is 17.7 Å². The maximum absolute atomic E-state index is 12.7. The van der Waals surface area contributed by atoms with Crippen molar-refractivity contribution in [2.75, 3.05) is 21.3 Å². The molecule has 0 spiro atoms. The summed E-state index contributed by atoms with van der Waals surface area (Å²) in [6, 6.07) is 8.96. The average Bonchev–Trinajstić information content (AvgIpc) is 2.71. The van der Waals surface area contributed by atoms with E-state index in [1.165, 1.54) is 21.3 Å². The molecule has 152 valence electrons. The second-order valence-corrected chi connectivity index (χ2v) is 6.77. The first-order valence-corrected chi connectivity index (χ1v) is 9.09. The van der Waals surface area contributed by atoms with Crippen LogP contribution < -0.4 is 25.1 Å². The molecule has 1 aromatic heterocycles. The number of pyridine rings is 1. The van der Waals surface area contributed by atoms with Gasteiger partial charge in [-0.25, -0.2) is 0 Å². The van der Waals surface area contributed by atoms with Crippen LogP contribution in [0.3, 0.4) is 0 Å². The van der Waals surface area contributed by atoms with Crippen LogP contribution in [0.5, 0.6) is 17.2 Å². The Morgan fingerprint density at radius 1 is 0.966 bits per heavy atom. The Balaban J connectivity index is 1.87. The first-order chi connectivity index (χ1) is 13.9. The van der Waals surface area contributed by atoms with Gasteiger partial charge >= 0.3 is 0 Å². The van der Waals surface area contributed by atoms with Crippen molar-refractivity contribution in [1.29, 1.82) is 0 Å². The molecule has 0 radical (unpaired) electrons. The number of hydrogen-bond acceptors (Lipinski definition) is 5.